The van der Waals surface area contributed by atoms with Crippen molar-refractivity contribution >= 4 is 0 Å². The zero-order valence-corrected chi connectivity index (χ0v) is 9.82. The van der Waals surface area contributed by atoms with E-state index < -0.39 is 0 Å². The smallest absolute Gasteiger partial charge is 0.0479 e. The van der Waals surface area contributed by atoms with Crippen molar-refractivity contribution in [3.05, 3.63) is 47.5 Å². The highest BCUT2D eigenvalue weighted by Crippen LogP contribution is 2.48. The molecule has 0 aliphatic heterocycles. The fraction of sp³-hybridized carbons (Fsp3) is 0.467. The highest BCUT2D eigenvalue weighted by molar-refractivity contribution is 5.40. The van der Waals surface area contributed by atoms with Crippen LogP contribution in [0.4, 0.5) is 0 Å². The quantitative estimate of drug-likeness (QED) is 0.657. The Morgan fingerprint density at radius 1 is 1.25 bits per heavy atom. The molecule has 2 N–H and O–H groups in total. The van der Waals surface area contributed by atoms with Crippen molar-refractivity contribution in [3.63, 3.8) is 0 Å². The third kappa shape index (κ3) is 1.28. The first-order valence-corrected chi connectivity index (χ1v) is 6.25. The number of hydrogen-bond donors (Lipinski definition) is 1. The zero-order chi connectivity index (χ0) is 11.2. The Morgan fingerprint density at radius 3 is 2.94 bits per heavy atom. The van der Waals surface area contributed by atoms with Crippen LogP contribution in [-0.2, 0) is 5.54 Å². The van der Waals surface area contributed by atoms with E-state index in [-0.39, 0.29) is 5.54 Å². The second-order valence-electron chi connectivity index (χ2n) is 5.37. The van der Waals surface area contributed by atoms with E-state index in [1.165, 1.54) is 17.5 Å². The van der Waals surface area contributed by atoms with Gasteiger partial charge in [-0.25, -0.2) is 0 Å². The van der Waals surface area contributed by atoms with Gasteiger partial charge in [-0.3, -0.25) is 0 Å². The van der Waals surface area contributed by atoms with Crippen molar-refractivity contribution < 1.29 is 0 Å². The second kappa shape index (κ2) is 3.46. The van der Waals surface area contributed by atoms with Crippen molar-refractivity contribution in [2.45, 2.75) is 37.6 Å². The van der Waals surface area contributed by atoms with Gasteiger partial charge >= 0.3 is 0 Å². The summed E-state index contributed by atoms with van der Waals surface area (Å²) in [6, 6.07) is 8.75. The predicted octanol–water partition coefficient (Wildman–Crippen LogP) is 3.31. The lowest BCUT2D eigenvalue weighted by atomic mass is 9.62. The molecule has 0 amide bonds. The van der Waals surface area contributed by atoms with Gasteiger partial charge in [0.1, 0.15) is 0 Å². The third-order valence-corrected chi connectivity index (χ3v) is 4.40. The van der Waals surface area contributed by atoms with Crippen LogP contribution in [-0.4, -0.2) is 0 Å². The molecule has 0 heterocycles. The summed E-state index contributed by atoms with van der Waals surface area (Å²) >= 11 is 0. The van der Waals surface area contributed by atoms with Crippen LogP contribution < -0.4 is 5.73 Å². The number of hydrogen-bond acceptors (Lipinski definition) is 1. The van der Waals surface area contributed by atoms with Gasteiger partial charge < -0.3 is 5.73 Å². The Labute approximate surface area is 97.4 Å². The van der Waals surface area contributed by atoms with Crippen molar-refractivity contribution in [1.82, 2.24) is 0 Å². The highest BCUT2D eigenvalue weighted by atomic mass is 14.8. The maximum absolute atomic E-state index is 6.69. The van der Waals surface area contributed by atoms with Crippen LogP contribution in [0.1, 0.15) is 43.2 Å². The average Bonchev–Trinajstić information content (AvgIpc) is 2.31. The van der Waals surface area contributed by atoms with E-state index in [0.29, 0.717) is 11.8 Å². The number of allylic oxidation sites excluding steroid dienone is 1. The number of fused-ring (bicyclic) bond motifs is 3. The third-order valence-electron chi connectivity index (χ3n) is 4.40. The van der Waals surface area contributed by atoms with Crippen molar-refractivity contribution in [2.24, 2.45) is 11.7 Å². The molecule has 0 bridgehead atoms. The molecule has 0 spiro atoms. The molecule has 1 aromatic carbocycles. The fourth-order valence-corrected chi connectivity index (χ4v) is 3.46. The van der Waals surface area contributed by atoms with Gasteiger partial charge in [0.15, 0.2) is 0 Å². The van der Waals surface area contributed by atoms with E-state index in [9.17, 15) is 0 Å². The Morgan fingerprint density at radius 2 is 2.06 bits per heavy atom. The summed E-state index contributed by atoms with van der Waals surface area (Å²) in [6.45, 7) is 2.33. The Kier molecular flexibility index (Phi) is 2.18. The molecular formula is C15H19N. The number of benzene rings is 1. The van der Waals surface area contributed by atoms with Crippen molar-refractivity contribution in [2.75, 3.05) is 0 Å². The van der Waals surface area contributed by atoms with Gasteiger partial charge in [-0.15, -0.1) is 0 Å². The van der Waals surface area contributed by atoms with E-state index in [0.717, 1.165) is 12.8 Å². The van der Waals surface area contributed by atoms with E-state index in [1.807, 2.05) is 0 Å². The molecule has 1 aromatic rings. The molecule has 1 nitrogen and oxygen atoms in total. The summed E-state index contributed by atoms with van der Waals surface area (Å²) in [5, 5.41) is 0. The highest BCUT2D eigenvalue weighted by Gasteiger charge is 2.42. The average molecular weight is 213 g/mol. The maximum atomic E-state index is 6.69. The molecule has 0 aromatic heterocycles. The molecule has 1 heteroatoms. The summed E-state index contributed by atoms with van der Waals surface area (Å²) in [4.78, 5) is 0. The fourth-order valence-electron chi connectivity index (χ4n) is 3.46. The maximum Gasteiger partial charge on any atom is 0.0479 e. The normalized spacial score (nSPS) is 36.6. The van der Waals surface area contributed by atoms with E-state index >= 15 is 0 Å². The van der Waals surface area contributed by atoms with Gasteiger partial charge in [0.2, 0.25) is 0 Å². The minimum atomic E-state index is -0.0994. The molecule has 3 atom stereocenters. The Bertz CT molecular complexity index is 435. The predicted molar refractivity (Wildman–Crippen MR) is 67.2 cm³/mol. The minimum absolute atomic E-state index is 0.0994. The summed E-state index contributed by atoms with van der Waals surface area (Å²) in [6.07, 6.45) is 7.94. The zero-order valence-electron chi connectivity index (χ0n) is 9.82. The van der Waals surface area contributed by atoms with Crippen LogP contribution in [0.5, 0.6) is 0 Å². The van der Waals surface area contributed by atoms with E-state index in [4.69, 9.17) is 5.73 Å². The summed E-state index contributed by atoms with van der Waals surface area (Å²) in [7, 11) is 0. The summed E-state index contributed by atoms with van der Waals surface area (Å²) in [5.74, 6) is 1.28. The Balaban J connectivity index is 2.16. The number of rotatable bonds is 0. The van der Waals surface area contributed by atoms with Crippen LogP contribution in [0.15, 0.2) is 36.4 Å². The molecule has 0 saturated heterocycles. The van der Waals surface area contributed by atoms with Gasteiger partial charge in [0.25, 0.3) is 0 Å². The van der Waals surface area contributed by atoms with Crippen molar-refractivity contribution in [3.8, 4) is 0 Å². The summed E-state index contributed by atoms with van der Waals surface area (Å²) in [5.41, 5.74) is 9.45. The van der Waals surface area contributed by atoms with Gasteiger partial charge in [-0.2, -0.15) is 0 Å². The first-order valence-electron chi connectivity index (χ1n) is 6.25. The summed E-state index contributed by atoms with van der Waals surface area (Å²) < 4.78 is 0. The first kappa shape index (κ1) is 10.1. The lowest BCUT2D eigenvalue weighted by molar-refractivity contribution is 0.217. The Hall–Kier alpha value is -1.08. The van der Waals surface area contributed by atoms with Crippen molar-refractivity contribution in [1.29, 1.82) is 0 Å². The van der Waals surface area contributed by atoms with Gasteiger partial charge in [0, 0.05) is 5.54 Å². The van der Waals surface area contributed by atoms with E-state index in [1.54, 1.807) is 0 Å². The number of nitrogens with two attached hydrogens (primary N) is 1. The van der Waals surface area contributed by atoms with Crippen LogP contribution in [0.2, 0.25) is 0 Å². The molecule has 2 aliphatic carbocycles. The molecule has 2 aliphatic rings. The molecule has 0 saturated carbocycles. The molecular weight excluding hydrogens is 194 g/mol. The first-order chi connectivity index (χ1) is 7.72. The molecule has 16 heavy (non-hydrogen) atoms. The largest absolute Gasteiger partial charge is 0.321 e. The van der Waals surface area contributed by atoms with Crippen LogP contribution in [0, 0.1) is 5.92 Å². The van der Waals surface area contributed by atoms with Crippen LogP contribution in [0.3, 0.4) is 0 Å². The lowest BCUT2D eigenvalue weighted by Crippen LogP contribution is -2.48. The molecule has 3 rings (SSSR count). The topological polar surface area (TPSA) is 26.0 Å². The van der Waals surface area contributed by atoms with Gasteiger partial charge in [0.05, 0.1) is 0 Å². The molecule has 0 fully saturated rings. The minimum Gasteiger partial charge on any atom is -0.321 e. The second-order valence-corrected chi connectivity index (χ2v) is 5.37. The molecule has 84 valence electrons. The van der Waals surface area contributed by atoms with Crippen LogP contribution in [0.25, 0.3) is 0 Å². The lowest BCUT2D eigenvalue weighted by Gasteiger charge is -2.46. The SMILES string of the molecule is C[C@@H]1C[C@@H]2CC=CC[C@@]2(N)c2ccccc21. The molecule has 0 unspecified atom stereocenters. The van der Waals surface area contributed by atoms with E-state index in [2.05, 4.69) is 43.3 Å². The van der Waals surface area contributed by atoms with Gasteiger partial charge in [-0.1, -0.05) is 43.3 Å². The monoisotopic (exact) mass is 213 g/mol. The molecule has 0 radical (unpaired) electrons. The van der Waals surface area contributed by atoms with Gasteiger partial charge in [-0.05, 0) is 42.2 Å². The standard InChI is InChI=1S/C15H19N/c1-11-10-12-6-4-5-9-15(12,16)14-8-3-2-7-13(11)14/h2-5,7-8,11-12H,6,9-10,16H2,1H3/t11-,12+,15+/m1/s1. The van der Waals surface area contributed by atoms with Crippen LogP contribution >= 0.6 is 0 Å².